The van der Waals surface area contributed by atoms with Crippen molar-refractivity contribution in [2.45, 2.75) is 13.8 Å². The number of benzene rings is 1. The van der Waals surface area contributed by atoms with Crippen molar-refractivity contribution in [1.82, 2.24) is 9.97 Å². The van der Waals surface area contributed by atoms with Gasteiger partial charge in [0.25, 0.3) is 0 Å². The van der Waals surface area contributed by atoms with Crippen LogP contribution in [0.25, 0.3) is 0 Å². The topological polar surface area (TPSA) is 54.7 Å². The molecule has 0 saturated carbocycles. The van der Waals surface area contributed by atoms with Gasteiger partial charge in [-0.1, -0.05) is 29.8 Å². The zero-order chi connectivity index (χ0) is 12.8. The van der Waals surface area contributed by atoms with Crippen molar-refractivity contribution in [3.63, 3.8) is 0 Å². The number of hydrogen-bond acceptors (Lipinski definition) is 3. The van der Waals surface area contributed by atoms with Gasteiger partial charge in [-0.15, -0.1) is 0 Å². The maximum atomic E-state index is 5.81. The van der Waals surface area contributed by atoms with Gasteiger partial charge in [0.2, 0.25) is 0 Å². The quantitative estimate of drug-likeness (QED) is 0.566. The molecule has 0 bridgehead atoms. The molecular formula is C12H14ClN3S. The first-order valence-corrected chi connectivity index (χ1v) is 5.83. The van der Waals surface area contributed by atoms with E-state index in [0.717, 1.165) is 17.1 Å². The number of nitrogens with zero attached hydrogens (tertiary/aromatic N) is 1. The van der Waals surface area contributed by atoms with Crippen molar-refractivity contribution in [2.24, 2.45) is 0 Å². The van der Waals surface area contributed by atoms with Crippen molar-refractivity contribution in [1.29, 1.82) is 0 Å². The Balaban J connectivity index is 0.000000181. The maximum Gasteiger partial charge on any atom is 0.197 e. The number of halogens is 1. The van der Waals surface area contributed by atoms with E-state index in [1.807, 2.05) is 44.2 Å². The minimum atomic E-state index is 0.486. The largest absolute Gasteiger partial charge is 0.399 e. The first-order chi connectivity index (χ1) is 8.00. The van der Waals surface area contributed by atoms with E-state index in [4.69, 9.17) is 29.6 Å². The molecule has 2 aromatic rings. The molecule has 0 atom stereocenters. The number of nitrogens with two attached hydrogens (primary N) is 1. The van der Waals surface area contributed by atoms with Crippen LogP contribution in [0.5, 0.6) is 0 Å². The Morgan fingerprint density at radius 3 is 2.24 bits per heavy atom. The molecule has 0 saturated heterocycles. The van der Waals surface area contributed by atoms with Gasteiger partial charge in [-0.25, -0.2) is 4.98 Å². The van der Waals surface area contributed by atoms with Crippen molar-refractivity contribution in [2.75, 3.05) is 5.73 Å². The van der Waals surface area contributed by atoms with Gasteiger partial charge in [0.05, 0.1) is 10.7 Å². The van der Waals surface area contributed by atoms with Crippen LogP contribution < -0.4 is 5.73 Å². The Kier molecular flexibility index (Phi) is 5.12. The fraction of sp³-hybridized carbons (Fsp3) is 0.167. The number of aryl methyl sites for hydroxylation is 2. The summed E-state index contributed by atoms with van der Waals surface area (Å²) < 4.78 is 0.486. The minimum Gasteiger partial charge on any atom is -0.399 e. The van der Waals surface area contributed by atoms with Crippen LogP contribution >= 0.6 is 23.8 Å². The highest BCUT2D eigenvalue weighted by molar-refractivity contribution is 7.71. The smallest absolute Gasteiger partial charge is 0.197 e. The van der Waals surface area contributed by atoms with Gasteiger partial charge in [0, 0.05) is 11.4 Å². The van der Waals surface area contributed by atoms with Crippen molar-refractivity contribution in [3.8, 4) is 0 Å². The molecule has 0 unspecified atom stereocenters. The first kappa shape index (κ1) is 13.7. The van der Waals surface area contributed by atoms with Gasteiger partial charge in [0.1, 0.15) is 0 Å². The molecule has 5 heteroatoms. The predicted octanol–water partition coefficient (Wildman–Crippen LogP) is 3.68. The van der Waals surface area contributed by atoms with Gasteiger partial charge in [-0.3, -0.25) is 0 Å². The second-order valence-corrected chi connectivity index (χ2v) is 4.24. The summed E-state index contributed by atoms with van der Waals surface area (Å²) in [5.74, 6) is 0. The number of nitrogens with one attached hydrogen (secondary N) is 1. The molecule has 3 nitrogen and oxygen atoms in total. The molecule has 0 amide bonds. The molecule has 1 aromatic carbocycles. The van der Waals surface area contributed by atoms with E-state index in [1.165, 1.54) is 0 Å². The summed E-state index contributed by atoms with van der Waals surface area (Å²) in [5, 5.41) is 0.661. The monoisotopic (exact) mass is 267 g/mol. The number of nitrogen functional groups attached to an aromatic ring is 1. The molecule has 1 aromatic heterocycles. The highest BCUT2D eigenvalue weighted by Gasteiger charge is 1.98. The third-order valence-electron chi connectivity index (χ3n) is 2.01. The summed E-state index contributed by atoms with van der Waals surface area (Å²) in [7, 11) is 0. The molecule has 3 N–H and O–H groups in total. The van der Waals surface area contributed by atoms with Gasteiger partial charge in [0.15, 0.2) is 4.77 Å². The summed E-state index contributed by atoms with van der Waals surface area (Å²) in [6, 6.07) is 9.49. The first-order valence-electron chi connectivity index (χ1n) is 5.04. The van der Waals surface area contributed by atoms with Crippen LogP contribution in [0, 0.1) is 18.6 Å². The Labute approximate surface area is 111 Å². The predicted molar refractivity (Wildman–Crippen MR) is 74.8 cm³/mol. The highest BCUT2D eigenvalue weighted by atomic mass is 35.5. The van der Waals surface area contributed by atoms with E-state index in [-0.39, 0.29) is 0 Å². The van der Waals surface area contributed by atoms with Crippen LogP contribution in [0.2, 0.25) is 5.02 Å². The van der Waals surface area contributed by atoms with Crippen molar-refractivity contribution < 1.29 is 0 Å². The van der Waals surface area contributed by atoms with Gasteiger partial charge < -0.3 is 10.7 Å². The molecular weight excluding hydrogens is 254 g/mol. The number of aromatic amines is 1. The highest BCUT2D eigenvalue weighted by Crippen LogP contribution is 2.14. The number of anilines is 1. The average molecular weight is 268 g/mol. The van der Waals surface area contributed by atoms with Crippen LogP contribution in [-0.4, -0.2) is 9.97 Å². The molecule has 0 fully saturated rings. The van der Waals surface area contributed by atoms with E-state index < -0.39 is 0 Å². The van der Waals surface area contributed by atoms with E-state index >= 15 is 0 Å². The van der Waals surface area contributed by atoms with E-state index in [9.17, 15) is 0 Å². The second-order valence-electron chi connectivity index (χ2n) is 3.48. The average Bonchev–Trinajstić information content (AvgIpc) is 2.27. The molecule has 0 spiro atoms. The summed E-state index contributed by atoms with van der Waals surface area (Å²) in [4.78, 5) is 6.81. The molecule has 1 heterocycles. The van der Waals surface area contributed by atoms with Crippen LogP contribution in [0.15, 0.2) is 30.3 Å². The standard InChI is InChI=1S/C6H7ClN2S.C6H7N/c1-3-5(7)4(2)9-6(10)8-3;7-6-4-2-1-3-5-6/h1-2H3,(H,8,9,10);1-5H,7H2. The van der Waals surface area contributed by atoms with E-state index in [2.05, 4.69) is 9.97 Å². The molecule has 90 valence electrons. The van der Waals surface area contributed by atoms with Crippen LogP contribution in [-0.2, 0) is 0 Å². The van der Waals surface area contributed by atoms with Gasteiger partial charge in [-0.2, -0.15) is 0 Å². The summed E-state index contributed by atoms with van der Waals surface area (Å²) >= 11 is 10.6. The fourth-order valence-electron chi connectivity index (χ4n) is 1.17. The summed E-state index contributed by atoms with van der Waals surface area (Å²) in [6.07, 6.45) is 0. The Morgan fingerprint density at radius 1 is 1.24 bits per heavy atom. The summed E-state index contributed by atoms with van der Waals surface area (Å²) in [5.41, 5.74) is 7.83. The van der Waals surface area contributed by atoms with Gasteiger partial charge in [-0.05, 0) is 38.2 Å². The SMILES string of the molecule is Cc1nc(=S)[nH]c(C)c1Cl.Nc1ccccc1. The Morgan fingerprint density at radius 2 is 1.82 bits per heavy atom. The molecule has 17 heavy (non-hydrogen) atoms. The van der Waals surface area contributed by atoms with E-state index in [1.54, 1.807) is 0 Å². The maximum absolute atomic E-state index is 5.81. The fourth-order valence-corrected chi connectivity index (χ4v) is 1.55. The van der Waals surface area contributed by atoms with Gasteiger partial charge >= 0.3 is 0 Å². The molecule has 0 aliphatic rings. The van der Waals surface area contributed by atoms with Crippen molar-refractivity contribution >= 4 is 29.5 Å². The van der Waals surface area contributed by atoms with Crippen LogP contribution in [0.4, 0.5) is 5.69 Å². The third-order valence-corrected chi connectivity index (χ3v) is 2.76. The summed E-state index contributed by atoms with van der Waals surface area (Å²) in [6.45, 7) is 3.70. The lowest BCUT2D eigenvalue weighted by molar-refractivity contribution is 1.03. The number of aromatic nitrogens is 2. The molecule has 0 radical (unpaired) electrons. The lowest BCUT2D eigenvalue weighted by Crippen LogP contribution is -1.91. The zero-order valence-corrected chi connectivity index (χ0v) is 11.3. The lowest BCUT2D eigenvalue weighted by Gasteiger charge is -1.98. The molecule has 0 aliphatic heterocycles. The molecule has 0 aliphatic carbocycles. The lowest BCUT2D eigenvalue weighted by atomic mass is 10.3. The number of rotatable bonds is 0. The van der Waals surface area contributed by atoms with Crippen molar-refractivity contribution in [3.05, 3.63) is 51.5 Å². The minimum absolute atomic E-state index is 0.486. The van der Waals surface area contributed by atoms with Crippen LogP contribution in [0.3, 0.4) is 0 Å². The molecule has 2 rings (SSSR count). The normalized spacial score (nSPS) is 9.35. The number of hydrogen-bond donors (Lipinski definition) is 2. The van der Waals surface area contributed by atoms with Crippen LogP contribution in [0.1, 0.15) is 11.4 Å². The number of para-hydroxylation sites is 1. The zero-order valence-electron chi connectivity index (χ0n) is 9.70. The number of H-pyrrole nitrogens is 1. The Hall–Kier alpha value is -1.39. The second kappa shape index (κ2) is 6.37. The third kappa shape index (κ3) is 4.54. The Bertz CT molecular complexity index is 511. The van der Waals surface area contributed by atoms with E-state index in [0.29, 0.717) is 9.79 Å².